The smallest absolute Gasteiger partial charge is 0.363 e. The Balaban J connectivity index is 1.64. The molecule has 0 bridgehead atoms. The molecule has 12 heteroatoms. The zero-order chi connectivity index (χ0) is 26.6. The molecule has 1 aromatic carbocycles. The Labute approximate surface area is 209 Å². The van der Waals surface area contributed by atoms with Gasteiger partial charge in [-0.15, -0.1) is 0 Å². The van der Waals surface area contributed by atoms with Crippen LogP contribution in [0.1, 0.15) is 41.0 Å². The quantitative estimate of drug-likeness (QED) is 0.578. The van der Waals surface area contributed by atoms with Gasteiger partial charge in [-0.05, 0) is 37.6 Å². The number of amidine groups is 1. The molecule has 0 unspecified atom stereocenters. The molecule has 0 radical (unpaired) electrons. The van der Waals surface area contributed by atoms with Crippen molar-refractivity contribution in [3.05, 3.63) is 79.4 Å². The average Bonchev–Trinajstić information content (AvgIpc) is 3.35. The molecule has 9 nitrogen and oxygen atoms in total. The van der Waals surface area contributed by atoms with Crippen LogP contribution in [0.3, 0.4) is 0 Å². The van der Waals surface area contributed by atoms with Gasteiger partial charge in [0.15, 0.2) is 0 Å². The molecule has 0 aliphatic carbocycles. The number of hydrogen-bond donors (Lipinski definition) is 1. The molecule has 0 spiro atoms. The molecule has 3 aromatic rings. The normalized spacial score (nSPS) is 15.6. The fourth-order valence-electron chi connectivity index (χ4n) is 4.57. The van der Waals surface area contributed by atoms with Gasteiger partial charge in [0.25, 0.3) is 5.56 Å². The predicted molar refractivity (Wildman–Crippen MR) is 135 cm³/mol. The molecule has 192 valence electrons. The molecule has 1 N–H and O–H groups in total. The molecular formula is C25H24F3N7O2. The van der Waals surface area contributed by atoms with Crippen LogP contribution in [-0.4, -0.2) is 38.0 Å². The van der Waals surface area contributed by atoms with Crippen LogP contribution < -0.4 is 21.5 Å². The summed E-state index contributed by atoms with van der Waals surface area (Å²) in [5.41, 5.74) is 0.178. The van der Waals surface area contributed by atoms with E-state index in [1.54, 1.807) is 33.0 Å². The van der Waals surface area contributed by atoms with Gasteiger partial charge in [0.2, 0.25) is 0 Å². The lowest BCUT2D eigenvalue weighted by Gasteiger charge is -2.29. The summed E-state index contributed by atoms with van der Waals surface area (Å²) in [5.74, 6) is 2.04. The molecule has 5 rings (SSSR count). The Bertz CT molecular complexity index is 1600. The van der Waals surface area contributed by atoms with Crippen molar-refractivity contribution in [2.75, 3.05) is 23.3 Å². The highest BCUT2D eigenvalue weighted by Crippen LogP contribution is 2.38. The Morgan fingerprint density at radius 2 is 1.89 bits per heavy atom. The number of anilines is 2. The van der Waals surface area contributed by atoms with E-state index in [-0.39, 0.29) is 0 Å². The molecule has 2 aliphatic rings. The summed E-state index contributed by atoms with van der Waals surface area (Å²) in [4.78, 5) is 40.9. The van der Waals surface area contributed by atoms with E-state index in [1.807, 2.05) is 4.90 Å². The van der Waals surface area contributed by atoms with E-state index in [4.69, 9.17) is 0 Å². The van der Waals surface area contributed by atoms with Gasteiger partial charge in [-0.1, -0.05) is 12.1 Å². The highest BCUT2D eigenvalue weighted by molar-refractivity contribution is 6.36. The number of aromatic nitrogens is 4. The SMILES string of the molecule is Cc1nc(N[C@H](C)c2cccc(C(F)(F)F)c2)c2c(n1)N1CCN=C1C(c1cn(C)c(=O)n(C)c1=O)=C2. The van der Waals surface area contributed by atoms with Crippen molar-refractivity contribution in [3.8, 4) is 0 Å². The van der Waals surface area contributed by atoms with Gasteiger partial charge in [-0.25, -0.2) is 14.8 Å². The highest BCUT2D eigenvalue weighted by atomic mass is 19.4. The summed E-state index contributed by atoms with van der Waals surface area (Å²) in [6, 6.07) is 4.62. The zero-order valence-corrected chi connectivity index (χ0v) is 20.6. The van der Waals surface area contributed by atoms with Crippen LogP contribution in [-0.2, 0) is 20.3 Å². The lowest BCUT2D eigenvalue weighted by atomic mass is 9.99. The number of aryl methyl sites for hydroxylation is 2. The van der Waals surface area contributed by atoms with Crippen molar-refractivity contribution < 1.29 is 13.2 Å². The minimum absolute atomic E-state index is 0.290. The van der Waals surface area contributed by atoms with E-state index in [9.17, 15) is 22.8 Å². The number of halogens is 3. The first kappa shape index (κ1) is 24.5. The van der Waals surface area contributed by atoms with Crippen LogP contribution >= 0.6 is 0 Å². The Morgan fingerprint density at radius 3 is 2.62 bits per heavy atom. The van der Waals surface area contributed by atoms with Crippen molar-refractivity contribution >= 4 is 29.1 Å². The Hall–Kier alpha value is -4.22. The van der Waals surface area contributed by atoms with Gasteiger partial charge in [-0.2, -0.15) is 13.2 Å². The second-order valence-corrected chi connectivity index (χ2v) is 9.06. The summed E-state index contributed by atoms with van der Waals surface area (Å²) in [5, 5.41) is 3.24. The number of alkyl halides is 3. The first-order valence-corrected chi connectivity index (χ1v) is 11.6. The number of aliphatic imine (C=N–C) groups is 1. The minimum Gasteiger partial charge on any atom is -0.363 e. The first-order chi connectivity index (χ1) is 17.5. The zero-order valence-electron chi connectivity index (χ0n) is 20.6. The predicted octanol–water partition coefficient (Wildman–Crippen LogP) is 3.15. The summed E-state index contributed by atoms with van der Waals surface area (Å²) in [6.07, 6.45) is -1.22. The van der Waals surface area contributed by atoms with Crippen molar-refractivity contribution in [2.24, 2.45) is 19.1 Å². The third-order valence-corrected chi connectivity index (χ3v) is 6.47. The van der Waals surface area contributed by atoms with E-state index in [1.165, 1.54) is 23.9 Å². The van der Waals surface area contributed by atoms with Crippen LogP contribution in [0.5, 0.6) is 0 Å². The third kappa shape index (κ3) is 4.21. The fourth-order valence-corrected chi connectivity index (χ4v) is 4.57. The highest BCUT2D eigenvalue weighted by Gasteiger charge is 2.34. The first-order valence-electron chi connectivity index (χ1n) is 11.6. The number of hydrogen-bond acceptors (Lipinski definition) is 7. The van der Waals surface area contributed by atoms with Crippen molar-refractivity contribution in [2.45, 2.75) is 26.1 Å². The second kappa shape index (κ2) is 8.71. The van der Waals surface area contributed by atoms with Crippen molar-refractivity contribution in [1.29, 1.82) is 0 Å². The second-order valence-electron chi connectivity index (χ2n) is 9.06. The lowest BCUT2D eigenvalue weighted by molar-refractivity contribution is -0.137. The van der Waals surface area contributed by atoms with Crippen LogP contribution in [0.25, 0.3) is 11.6 Å². The number of fused-ring (bicyclic) bond motifs is 3. The summed E-state index contributed by atoms with van der Waals surface area (Å²) < 4.78 is 42.2. The summed E-state index contributed by atoms with van der Waals surface area (Å²) in [6.45, 7) is 4.50. The summed E-state index contributed by atoms with van der Waals surface area (Å²) >= 11 is 0. The van der Waals surface area contributed by atoms with E-state index >= 15 is 0 Å². The van der Waals surface area contributed by atoms with Gasteiger partial charge < -0.3 is 14.8 Å². The third-order valence-electron chi connectivity index (χ3n) is 6.47. The molecule has 37 heavy (non-hydrogen) atoms. The van der Waals surface area contributed by atoms with Crippen molar-refractivity contribution in [3.63, 3.8) is 0 Å². The molecule has 0 saturated heterocycles. The van der Waals surface area contributed by atoms with Gasteiger partial charge >= 0.3 is 11.9 Å². The lowest BCUT2D eigenvalue weighted by Crippen LogP contribution is -2.40. The molecule has 2 aliphatic heterocycles. The molecule has 4 heterocycles. The van der Waals surface area contributed by atoms with Gasteiger partial charge in [0.1, 0.15) is 23.3 Å². The molecule has 0 saturated carbocycles. The molecule has 0 fully saturated rings. The molecule has 0 amide bonds. The monoisotopic (exact) mass is 511 g/mol. The number of nitrogens with zero attached hydrogens (tertiary/aromatic N) is 6. The van der Waals surface area contributed by atoms with E-state index in [2.05, 4.69) is 20.3 Å². The number of rotatable bonds is 4. The fraction of sp³-hybridized carbons (Fsp3) is 0.320. The Kier molecular flexibility index (Phi) is 5.76. The van der Waals surface area contributed by atoms with Crippen molar-refractivity contribution in [1.82, 2.24) is 19.1 Å². The summed E-state index contributed by atoms with van der Waals surface area (Å²) in [7, 11) is 2.98. The van der Waals surface area contributed by atoms with Gasteiger partial charge in [0.05, 0.1) is 23.2 Å². The van der Waals surface area contributed by atoms with Crippen LogP contribution in [0.15, 0.2) is 45.0 Å². The molecule has 2 aromatic heterocycles. The van der Waals surface area contributed by atoms with Crippen LogP contribution in [0, 0.1) is 6.92 Å². The maximum absolute atomic E-state index is 13.3. The maximum Gasteiger partial charge on any atom is 0.416 e. The Morgan fingerprint density at radius 1 is 1.14 bits per heavy atom. The largest absolute Gasteiger partial charge is 0.416 e. The minimum atomic E-state index is -4.45. The van der Waals surface area contributed by atoms with E-state index in [0.29, 0.717) is 58.6 Å². The van der Waals surface area contributed by atoms with E-state index < -0.39 is 29.0 Å². The number of benzene rings is 1. The van der Waals surface area contributed by atoms with Crippen LogP contribution in [0.2, 0.25) is 0 Å². The maximum atomic E-state index is 13.3. The molecule has 1 atom stereocenters. The number of nitrogens with one attached hydrogen (secondary N) is 1. The van der Waals surface area contributed by atoms with E-state index in [0.717, 1.165) is 16.7 Å². The topological polar surface area (TPSA) is 97.4 Å². The standard InChI is InChI=1S/C25H24F3N7O2/c1-13(15-6-5-7-16(10-15)25(26,27)28)30-20-18-11-17(19-12-33(3)24(37)34(4)23(19)36)21-29-8-9-35(21)22(18)32-14(2)31-20/h5-7,10-13H,8-9H2,1-4H3,(H,30,31,32)/t13-/m1/s1. The van der Waals surface area contributed by atoms with Gasteiger partial charge in [0, 0.05) is 38.5 Å². The molecular weight excluding hydrogens is 487 g/mol. The van der Waals surface area contributed by atoms with Gasteiger partial charge in [-0.3, -0.25) is 14.4 Å². The van der Waals surface area contributed by atoms with Crippen LogP contribution in [0.4, 0.5) is 24.8 Å². The average molecular weight is 512 g/mol.